The minimum atomic E-state index is -0.125. The Balaban J connectivity index is 1.92. The van der Waals surface area contributed by atoms with Crippen molar-refractivity contribution in [1.82, 2.24) is 14.8 Å². The zero-order chi connectivity index (χ0) is 13.0. The van der Waals surface area contributed by atoms with Crippen LogP contribution >= 0.6 is 0 Å². The van der Waals surface area contributed by atoms with Crippen LogP contribution in [0, 0.1) is 0 Å². The van der Waals surface area contributed by atoms with Gasteiger partial charge in [0.15, 0.2) is 0 Å². The van der Waals surface area contributed by atoms with Crippen molar-refractivity contribution in [3.8, 4) is 0 Å². The van der Waals surface area contributed by atoms with Crippen molar-refractivity contribution in [3.63, 3.8) is 0 Å². The summed E-state index contributed by atoms with van der Waals surface area (Å²) in [4.78, 5) is 30.0. The van der Waals surface area contributed by atoms with Crippen molar-refractivity contribution in [2.45, 2.75) is 0 Å². The SMILES string of the molecule is COCCN1CCN(C(=O)c2ccc[nH]2)CC1=O. The van der Waals surface area contributed by atoms with Crippen LogP contribution in [0.2, 0.25) is 0 Å². The summed E-state index contributed by atoms with van der Waals surface area (Å²) in [5, 5.41) is 0. The summed E-state index contributed by atoms with van der Waals surface area (Å²) in [7, 11) is 1.61. The molecule has 2 rings (SSSR count). The molecule has 1 N–H and O–H groups in total. The summed E-state index contributed by atoms with van der Waals surface area (Å²) in [5.41, 5.74) is 0.521. The number of carbonyl (C=O) groups is 2. The lowest BCUT2D eigenvalue weighted by atomic mass is 10.2. The fourth-order valence-corrected chi connectivity index (χ4v) is 1.95. The summed E-state index contributed by atoms with van der Waals surface area (Å²) in [6, 6.07) is 3.48. The Labute approximate surface area is 106 Å². The Morgan fingerprint density at radius 2 is 2.33 bits per heavy atom. The highest BCUT2D eigenvalue weighted by Crippen LogP contribution is 2.08. The maximum absolute atomic E-state index is 12.0. The fraction of sp³-hybridized carbons (Fsp3) is 0.500. The zero-order valence-corrected chi connectivity index (χ0v) is 10.4. The van der Waals surface area contributed by atoms with Gasteiger partial charge in [0.1, 0.15) is 12.2 Å². The number of hydrogen-bond donors (Lipinski definition) is 1. The maximum Gasteiger partial charge on any atom is 0.270 e. The average Bonchev–Trinajstić information content (AvgIpc) is 2.90. The first-order valence-electron chi connectivity index (χ1n) is 5.91. The number of H-pyrrole nitrogens is 1. The van der Waals surface area contributed by atoms with Gasteiger partial charge in [0.2, 0.25) is 5.91 Å². The van der Waals surface area contributed by atoms with Gasteiger partial charge < -0.3 is 19.5 Å². The van der Waals surface area contributed by atoms with Gasteiger partial charge in [-0.2, -0.15) is 0 Å². The molecule has 98 valence electrons. The molecule has 18 heavy (non-hydrogen) atoms. The van der Waals surface area contributed by atoms with Crippen LogP contribution in [0.15, 0.2) is 18.3 Å². The molecule has 0 aromatic carbocycles. The first-order chi connectivity index (χ1) is 8.72. The molecule has 0 bridgehead atoms. The van der Waals surface area contributed by atoms with Gasteiger partial charge in [-0.3, -0.25) is 9.59 Å². The van der Waals surface area contributed by atoms with E-state index in [0.717, 1.165) is 0 Å². The first-order valence-corrected chi connectivity index (χ1v) is 5.91. The van der Waals surface area contributed by atoms with Crippen molar-refractivity contribution < 1.29 is 14.3 Å². The lowest BCUT2D eigenvalue weighted by molar-refractivity contribution is -0.135. The van der Waals surface area contributed by atoms with Gasteiger partial charge in [0.05, 0.1) is 6.61 Å². The number of aromatic amines is 1. The number of nitrogens with one attached hydrogen (secondary N) is 1. The van der Waals surface area contributed by atoms with Crippen LogP contribution in [0.4, 0.5) is 0 Å². The number of hydrogen-bond acceptors (Lipinski definition) is 3. The molecule has 6 nitrogen and oxygen atoms in total. The quantitative estimate of drug-likeness (QED) is 0.815. The molecule has 1 fully saturated rings. The lowest BCUT2D eigenvalue weighted by Crippen LogP contribution is -2.52. The van der Waals surface area contributed by atoms with Gasteiger partial charge in [0, 0.05) is 32.9 Å². The Morgan fingerprint density at radius 3 is 2.94 bits per heavy atom. The summed E-state index contributed by atoms with van der Waals surface area (Å²) >= 11 is 0. The number of methoxy groups -OCH3 is 1. The van der Waals surface area contributed by atoms with Gasteiger partial charge >= 0.3 is 0 Å². The van der Waals surface area contributed by atoms with E-state index in [-0.39, 0.29) is 18.4 Å². The van der Waals surface area contributed by atoms with Crippen LogP contribution in [0.5, 0.6) is 0 Å². The number of amides is 2. The van der Waals surface area contributed by atoms with Crippen molar-refractivity contribution in [1.29, 1.82) is 0 Å². The lowest BCUT2D eigenvalue weighted by Gasteiger charge is -2.34. The highest BCUT2D eigenvalue weighted by Gasteiger charge is 2.27. The van der Waals surface area contributed by atoms with Gasteiger partial charge in [-0.05, 0) is 12.1 Å². The van der Waals surface area contributed by atoms with Gasteiger partial charge in [-0.15, -0.1) is 0 Å². The fourth-order valence-electron chi connectivity index (χ4n) is 1.95. The van der Waals surface area contributed by atoms with E-state index in [0.29, 0.717) is 31.9 Å². The van der Waals surface area contributed by atoms with E-state index >= 15 is 0 Å². The van der Waals surface area contributed by atoms with E-state index < -0.39 is 0 Å². The molecule has 1 aromatic rings. The highest BCUT2D eigenvalue weighted by atomic mass is 16.5. The average molecular weight is 251 g/mol. The summed E-state index contributed by atoms with van der Waals surface area (Å²) in [6.07, 6.45) is 1.70. The molecule has 0 aliphatic carbocycles. The third kappa shape index (κ3) is 2.70. The molecule has 0 unspecified atom stereocenters. The predicted molar refractivity (Wildman–Crippen MR) is 65.2 cm³/mol. The van der Waals surface area contributed by atoms with Crippen LogP contribution in [-0.2, 0) is 9.53 Å². The third-order valence-electron chi connectivity index (χ3n) is 3.00. The zero-order valence-electron chi connectivity index (χ0n) is 10.4. The van der Waals surface area contributed by atoms with E-state index in [4.69, 9.17) is 4.74 Å². The second-order valence-electron chi connectivity index (χ2n) is 4.18. The molecule has 1 saturated heterocycles. The molecular weight excluding hydrogens is 234 g/mol. The Morgan fingerprint density at radius 1 is 1.50 bits per heavy atom. The molecule has 6 heteroatoms. The van der Waals surface area contributed by atoms with Crippen LogP contribution in [-0.4, -0.2) is 66.5 Å². The summed E-state index contributed by atoms with van der Waals surface area (Å²) < 4.78 is 4.95. The van der Waals surface area contributed by atoms with Gasteiger partial charge in [0.25, 0.3) is 5.91 Å². The number of aromatic nitrogens is 1. The minimum Gasteiger partial charge on any atom is -0.383 e. The van der Waals surface area contributed by atoms with Crippen LogP contribution < -0.4 is 0 Å². The van der Waals surface area contributed by atoms with Crippen molar-refractivity contribution in [3.05, 3.63) is 24.0 Å². The normalized spacial score (nSPS) is 16.2. The van der Waals surface area contributed by atoms with E-state index in [1.54, 1.807) is 35.2 Å². The first kappa shape index (κ1) is 12.6. The van der Waals surface area contributed by atoms with Crippen LogP contribution in [0.25, 0.3) is 0 Å². The highest BCUT2D eigenvalue weighted by molar-refractivity contribution is 5.95. The number of nitrogens with zero attached hydrogens (tertiary/aromatic N) is 2. The molecule has 0 spiro atoms. The van der Waals surface area contributed by atoms with Gasteiger partial charge in [-0.1, -0.05) is 0 Å². The molecule has 1 aliphatic heterocycles. The molecule has 2 heterocycles. The molecule has 0 atom stereocenters. The van der Waals surface area contributed by atoms with Crippen molar-refractivity contribution in [2.24, 2.45) is 0 Å². The number of rotatable bonds is 4. The van der Waals surface area contributed by atoms with Crippen molar-refractivity contribution >= 4 is 11.8 Å². The monoisotopic (exact) mass is 251 g/mol. The Hall–Kier alpha value is -1.82. The maximum atomic E-state index is 12.0. The van der Waals surface area contributed by atoms with Crippen molar-refractivity contribution in [2.75, 3.05) is 39.9 Å². The van der Waals surface area contributed by atoms with E-state index in [1.165, 1.54) is 0 Å². The third-order valence-corrected chi connectivity index (χ3v) is 3.00. The van der Waals surface area contributed by atoms with Gasteiger partial charge in [-0.25, -0.2) is 0 Å². The molecule has 1 aliphatic rings. The van der Waals surface area contributed by atoms with Crippen LogP contribution in [0.1, 0.15) is 10.5 Å². The predicted octanol–water partition coefficient (Wildman–Crippen LogP) is -0.0545. The van der Waals surface area contributed by atoms with E-state index in [2.05, 4.69) is 4.98 Å². The number of piperazine rings is 1. The smallest absolute Gasteiger partial charge is 0.270 e. The Kier molecular flexibility index (Phi) is 3.99. The molecule has 0 saturated carbocycles. The van der Waals surface area contributed by atoms with E-state index in [1.807, 2.05) is 0 Å². The summed E-state index contributed by atoms with van der Waals surface area (Å²) in [6.45, 7) is 2.37. The molecule has 2 amide bonds. The Bertz CT molecular complexity index is 416. The second kappa shape index (κ2) is 5.68. The minimum absolute atomic E-state index is 0.0294. The van der Waals surface area contributed by atoms with Crippen LogP contribution in [0.3, 0.4) is 0 Å². The number of ether oxygens (including phenoxy) is 1. The topological polar surface area (TPSA) is 65.6 Å². The second-order valence-corrected chi connectivity index (χ2v) is 4.18. The van der Waals surface area contributed by atoms with E-state index in [9.17, 15) is 9.59 Å². The standard InChI is InChI=1S/C12H17N3O3/c1-18-8-7-14-5-6-15(9-11(14)16)12(17)10-3-2-4-13-10/h2-4,13H,5-9H2,1H3. The molecular formula is C12H17N3O3. The molecule has 1 aromatic heterocycles. The molecule has 0 radical (unpaired) electrons. The summed E-state index contributed by atoms with van der Waals surface area (Å²) in [5.74, 6) is -0.155. The largest absolute Gasteiger partial charge is 0.383 e. The number of carbonyl (C=O) groups excluding carboxylic acids is 2.